The average Bonchev–Trinajstić information content (AvgIpc) is 2.60. The second kappa shape index (κ2) is 9.72. The molecule has 0 saturated carbocycles. The third kappa shape index (κ3) is 6.13. The SMILES string of the molecule is CC(=O)[C@@H](Cc1ccccc1)NC(=O)C[NH2+][C@@H](C)c1ccc(Cl)cc1Cl. The third-order valence-electron chi connectivity index (χ3n) is 4.22. The molecule has 2 aromatic rings. The van der Waals surface area contributed by atoms with Gasteiger partial charge in [0.1, 0.15) is 6.04 Å². The van der Waals surface area contributed by atoms with Crippen LogP contribution in [-0.2, 0) is 16.0 Å². The van der Waals surface area contributed by atoms with E-state index in [0.717, 1.165) is 11.1 Å². The lowest BCUT2D eigenvalue weighted by molar-refractivity contribution is -0.682. The number of quaternary nitrogens is 1. The number of hydrogen-bond acceptors (Lipinski definition) is 2. The average molecular weight is 394 g/mol. The normalized spacial score (nSPS) is 13.1. The number of halogens is 2. The minimum atomic E-state index is -0.521. The molecule has 6 heteroatoms. The highest BCUT2D eigenvalue weighted by Crippen LogP contribution is 2.24. The summed E-state index contributed by atoms with van der Waals surface area (Å²) in [5, 5.41) is 5.85. The topological polar surface area (TPSA) is 62.8 Å². The minimum absolute atomic E-state index is 0.00424. The molecule has 0 aliphatic carbocycles. The first-order valence-corrected chi connectivity index (χ1v) is 9.24. The molecule has 1 amide bonds. The Balaban J connectivity index is 1.90. The highest BCUT2D eigenvalue weighted by Gasteiger charge is 2.20. The second-order valence-corrected chi connectivity index (χ2v) is 7.16. The van der Waals surface area contributed by atoms with Gasteiger partial charge in [0.25, 0.3) is 5.91 Å². The number of carbonyl (C=O) groups is 2. The van der Waals surface area contributed by atoms with Crippen molar-refractivity contribution in [2.75, 3.05) is 6.54 Å². The molecular formula is C20H23Cl2N2O2+. The number of carbonyl (C=O) groups excluding carboxylic acids is 2. The summed E-state index contributed by atoms with van der Waals surface area (Å²) in [6.07, 6.45) is 0.487. The third-order valence-corrected chi connectivity index (χ3v) is 4.78. The van der Waals surface area contributed by atoms with Gasteiger partial charge in [-0.25, -0.2) is 0 Å². The molecule has 2 atom stereocenters. The summed E-state index contributed by atoms with van der Waals surface area (Å²) in [5.74, 6) is -0.242. The predicted molar refractivity (Wildman–Crippen MR) is 104 cm³/mol. The van der Waals surface area contributed by atoms with E-state index >= 15 is 0 Å². The molecule has 26 heavy (non-hydrogen) atoms. The first kappa shape index (κ1) is 20.4. The van der Waals surface area contributed by atoms with Crippen LogP contribution in [0, 0.1) is 0 Å². The number of nitrogens with two attached hydrogens (primary N) is 1. The van der Waals surface area contributed by atoms with Crippen LogP contribution in [0.15, 0.2) is 48.5 Å². The monoisotopic (exact) mass is 393 g/mol. The lowest BCUT2D eigenvalue weighted by Crippen LogP contribution is -2.87. The van der Waals surface area contributed by atoms with E-state index in [2.05, 4.69) is 5.32 Å². The molecule has 0 aromatic heterocycles. The van der Waals surface area contributed by atoms with E-state index in [9.17, 15) is 9.59 Å². The minimum Gasteiger partial charge on any atom is -0.341 e. The molecule has 4 nitrogen and oxygen atoms in total. The van der Waals surface area contributed by atoms with Crippen molar-refractivity contribution in [1.82, 2.24) is 5.32 Å². The summed E-state index contributed by atoms with van der Waals surface area (Å²) < 4.78 is 0. The van der Waals surface area contributed by atoms with E-state index in [4.69, 9.17) is 23.2 Å². The first-order chi connectivity index (χ1) is 12.4. The van der Waals surface area contributed by atoms with Gasteiger partial charge in [-0.1, -0.05) is 59.6 Å². The fourth-order valence-corrected chi connectivity index (χ4v) is 3.26. The molecule has 0 aliphatic rings. The summed E-state index contributed by atoms with van der Waals surface area (Å²) in [4.78, 5) is 24.1. The molecule has 138 valence electrons. The van der Waals surface area contributed by atoms with Crippen LogP contribution in [0.2, 0.25) is 10.0 Å². The molecule has 2 aromatic carbocycles. The lowest BCUT2D eigenvalue weighted by Gasteiger charge is -2.17. The highest BCUT2D eigenvalue weighted by molar-refractivity contribution is 6.35. The molecular weight excluding hydrogens is 371 g/mol. The van der Waals surface area contributed by atoms with Gasteiger partial charge in [-0.3, -0.25) is 9.59 Å². The van der Waals surface area contributed by atoms with Crippen molar-refractivity contribution in [3.05, 3.63) is 69.7 Å². The Morgan fingerprint density at radius 1 is 1.12 bits per heavy atom. The summed E-state index contributed by atoms with van der Waals surface area (Å²) in [6, 6.07) is 14.4. The molecule has 0 aliphatic heterocycles. The molecule has 0 bridgehead atoms. The van der Waals surface area contributed by atoms with Crippen molar-refractivity contribution in [3.63, 3.8) is 0 Å². The van der Waals surface area contributed by atoms with Crippen LogP contribution in [0.25, 0.3) is 0 Å². The van der Waals surface area contributed by atoms with E-state index < -0.39 is 6.04 Å². The van der Waals surface area contributed by atoms with E-state index in [0.29, 0.717) is 16.5 Å². The van der Waals surface area contributed by atoms with Crippen molar-refractivity contribution in [1.29, 1.82) is 0 Å². The van der Waals surface area contributed by atoms with Gasteiger partial charge in [0.05, 0.1) is 11.1 Å². The van der Waals surface area contributed by atoms with Crippen LogP contribution >= 0.6 is 23.2 Å². The molecule has 0 unspecified atom stereocenters. The second-order valence-electron chi connectivity index (χ2n) is 6.31. The van der Waals surface area contributed by atoms with Gasteiger partial charge in [0.2, 0.25) is 0 Å². The van der Waals surface area contributed by atoms with Crippen molar-refractivity contribution >= 4 is 34.9 Å². The van der Waals surface area contributed by atoms with E-state index in [-0.39, 0.29) is 24.3 Å². The Morgan fingerprint density at radius 2 is 1.81 bits per heavy atom. The highest BCUT2D eigenvalue weighted by atomic mass is 35.5. The number of hydrogen-bond donors (Lipinski definition) is 2. The number of Topliss-reactive ketones (excluding diaryl/α,β-unsaturated/α-hetero) is 1. The molecule has 3 N–H and O–H groups in total. The molecule has 0 radical (unpaired) electrons. The van der Waals surface area contributed by atoms with E-state index in [1.807, 2.05) is 48.6 Å². The van der Waals surface area contributed by atoms with Gasteiger partial charge < -0.3 is 10.6 Å². The zero-order valence-corrected chi connectivity index (χ0v) is 16.3. The van der Waals surface area contributed by atoms with Crippen molar-refractivity contribution < 1.29 is 14.9 Å². The van der Waals surface area contributed by atoms with Crippen LogP contribution in [0.3, 0.4) is 0 Å². The van der Waals surface area contributed by atoms with Crippen LogP contribution in [-0.4, -0.2) is 24.3 Å². The number of benzene rings is 2. The van der Waals surface area contributed by atoms with E-state index in [1.54, 1.807) is 12.1 Å². The number of nitrogens with one attached hydrogen (secondary N) is 1. The fourth-order valence-electron chi connectivity index (χ4n) is 2.68. The zero-order valence-electron chi connectivity index (χ0n) is 14.8. The number of ketones is 1. The van der Waals surface area contributed by atoms with Gasteiger partial charge in [-0.15, -0.1) is 0 Å². The first-order valence-electron chi connectivity index (χ1n) is 8.49. The standard InChI is InChI=1S/C20H22Cl2N2O2/c1-13(17-9-8-16(21)11-18(17)22)23-12-20(26)24-19(14(2)25)10-15-6-4-3-5-7-15/h3-9,11,13,19,23H,10,12H2,1-2H3,(H,24,26)/p+1/t13-,19+/m0/s1. The number of amides is 1. The van der Waals surface area contributed by atoms with Crippen molar-refractivity contribution in [2.45, 2.75) is 32.4 Å². The van der Waals surface area contributed by atoms with Crippen LogP contribution in [0.4, 0.5) is 0 Å². The Hall–Kier alpha value is -1.88. The maximum absolute atomic E-state index is 12.3. The Bertz CT molecular complexity index is 766. The molecule has 0 saturated heterocycles. The molecule has 0 heterocycles. The van der Waals surface area contributed by atoms with Gasteiger partial charge >= 0.3 is 0 Å². The van der Waals surface area contributed by atoms with Crippen molar-refractivity contribution in [2.24, 2.45) is 0 Å². The number of rotatable bonds is 8. The van der Waals surface area contributed by atoms with Crippen LogP contribution < -0.4 is 10.6 Å². The van der Waals surface area contributed by atoms with Crippen LogP contribution in [0.1, 0.15) is 31.0 Å². The Morgan fingerprint density at radius 3 is 2.42 bits per heavy atom. The van der Waals surface area contributed by atoms with Gasteiger partial charge in [-0.2, -0.15) is 0 Å². The Labute approximate surface area is 163 Å². The van der Waals surface area contributed by atoms with Crippen molar-refractivity contribution in [3.8, 4) is 0 Å². The van der Waals surface area contributed by atoms with Crippen LogP contribution in [0.5, 0.6) is 0 Å². The predicted octanol–water partition coefficient (Wildman–Crippen LogP) is 2.93. The lowest BCUT2D eigenvalue weighted by atomic mass is 10.0. The molecule has 0 spiro atoms. The summed E-state index contributed by atoms with van der Waals surface area (Å²) in [6.45, 7) is 3.67. The summed E-state index contributed by atoms with van der Waals surface area (Å²) in [7, 11) is 0. The quantitative estimate of drug-likeness (QED) is 0.723. The maximum atomic E-state index is 12.3. The largest absolute Gasteiger partial charge is 0.341 e. The summed E-state index contributed by atoms with van der Waals surface area (Å²) >= 11 is 12.1. The van der Waals surface area contributed by atoms with Gasteiger partial charge in [0.15, 0.2) is 12.3 Å². The van der Waals surface area contributed by atoms with Gasteiger partial charge in [-0.05, 0) is 38.0 Å². The van der Waals surface area contributed by atoms with E-state index in [1.165, 1.54) is 6.92 Å². The van der Waals surface area contributed by atoms with Gasteiger partial charge in [0, 0.05) is 10.6 Å². The molecule has 2 rings (SSSR count). The smallest absolute Gasteiger partial charge is 0.275 e. The molecule has 0 fully saturated rings. The zero-order chi connectivity index (χ0) is 19.1. The fraction of sp³-hybridized carbons (Fsp3) is 0.300. The Kier molecular flexibility index (Phi) is 7.64. The summed E-state index contributed by atoms with van der Waals surface area (Å²) in [5.41, 5.74) is 1.93. The maximum Gasteiger partial charge on any atom is 0.275 e.